The van der Waals surface area contributed by atoms with Gasteiger partial charge < -0.3 is 24.4 Å². The number of fused-ring (bicyclic) bond motifs is 1. The highest BCUT2D eigenvalue weighted by atomic mass is 19.1. The first-order chi connectivity index (χ1) is 15.6. The normalized spacial score (nSPS) is 25.4. The fourth-order valence-corrected chi connectivity index (χ4v) is 4.74. The van der Waals surface area contributed by atoms with E-state index in [0.717, 1.165) is 17.5 Å². The molecule has 0 radical (unpaired) electrons. The number of hydrogen-bond donors (Lipinski definition) is 1. The highest BCUT2D eigenvalue weighted by Gasteiger charge is 2.40. The number of methoxy groups -OCH3 is 2. The zero-order valence-corrected chi connectivity index (χ0v) is 18.6. The van der Waals surface area contributed by atoms with Crippen LogP contribution in [-0.4, -0.2) is 69.6 Å². The summed E-state index contributed by atoms with van der Waals surface area (Å²) in [5.41, 5.74) is 3.19. The van der Waals surface area contributed by atoms with Crippen molar-refractivity contribution in [1.82, 2.24) is 10.2 Å². The number of ether oxygens (including phenoxy) is 3. The van der Waals surface area contributed by atoms with Gasteiger partial charge in [0.25, 0.3) is 5.91 Å². The molecule has 0 unspecified atom stereocenters. The van der Waals surface area contributed by atoms with Crippen molar-refractivity contribution in [3.8, 4) is 0 Å². The predicted molar refractivity (Wildman–Crippen MR) is 119 cm³/mol. The van der Waals surface area contributed by atoms with Gasteiger partial charge in [0, 0.05) is 39.8 Å². The summed E-state index contributed by atoms with van der Waals surface area (Å²) in [4.78, 5) is 15.6. The van der Waals surface area contributed by atoms with Gasteiger partial charge in [0.05, 0.1) is 25.4 Å². The van der Waals surface area contributed by atoms with Crippen molar-refractivity contribution in [1.29, 1.82) is 0 Å². The van der Waals surface area contributed by atoms with Crippen molar-refractivity contribution >= 4 is 5.91 Å². The van der Waals surface area contributed by atoms with E-state index >= 15 is 0 Å². The van der Waals surface area contributed by atoms with Gasteiger partial charge in [0.2, 0.25) is 0 Å². The van der Waals surface area contributed by atoms with Crippen molar-refractivity contribution in [3.05, 3.63) is 71.0 Å². The smallest absolute Gasteiger partial charge is 0.252 e. The molecule has 0 aromatic heterocycles. The second kappa shape index (κ2) is 10.5. The predicted octanol–water partition coefficient (Wildman–Crippen LogP) is 2.71. The molecule has 2 aliphatic rings. The van der Waals surface area contributed by atoms with Gasteiger partial charge in [0.15, 0.2) is 0 Å². The van der Waals surface area contributed by atoms with Crippen molar-refractivity contribution in [2.75, 3.05) is 40.5 Å². The van der Waals surface area contributed by atoms with Gasteiger partial charge in [-0.05, 0) is 35.2 Å². The van der Waals surface area contributed by atoms with Gasteiger partial charge >= 0.3 is 0 Å². The average Bonchev–Trinajstić information content (AvgIpc) is 2.83. The SMILES string of the molecule is COCCN[C@H]1C[C@H](C(=O)N2CCc3ccccc3[C@@H]2c2ccc(F)cc2)OC[C@@H]1OC. The number of amides is 1. The van der Waals surface area contributed by atoms with E-state index in [2.05, 4.69) is 17.4 Å². The van der Waals surface area contributed by atoms with Crippen LogP contribution in [0.1, 0.15) is 29.2 Å². The van der Waals surface area contributed by atoms with E-state index in [9.17, 15) is 9.18 Å². The first-order valence-corrected chi connectivity index (χ1v) is 11.1. The molecule has 1 fully saturated rings. The number of carbonyl (C=O) groups excluding carboxylic acids is 1. The fraction of sp³-hybridized carbons (Fsp3) is 0.480. The Bertz CT molecular complexity index is 907. The Morgan fingerprint density at radius 2 is 1.97 bits per heavy atom. The third-order valence-corrected chi connectivity index (χ3v) is 6.42. The molecule has 6 nitrogen and oxygen atoms in total. The standard InChI is InChI=1S/C25H31FN2O4/c1-30-14-12-27-21-15-22(32-16-23(21)31-2)25(29)28-13-11-17-5-3-4-6-20(17)24(28)18-7-9-19(26)10-8-18/h3-10,21-24,27H,11-16H2,1-2H3/t21-,22+,23-,24-/m0/s1. The van der Waals surface area contributed by atoms with Crippen LogP contribution in [0.25, 0.3) is 0 Å². The molecule has 4 atom stereocenters. The minimum atomic E-state index is -0.561. The molecule has 2 aromatic rings. The van der Waals surface area contributed by atoms with Gasteiger partial charge in [-0.15, -0.1) is 0 Å². The molecule has 0 aliphatic carbocycles. The molecule has 172 valence electrons. The molecule has 32 heavy (non-hydrogen) atoms. The van der Waals surface area contributed by atoms with E-state index in [4.69, 9.17) is 14.2 Å². The van der Waals surface area contributed by atoms with E-state index in [1.807, 2.05) is 17.0 Å². The monoisotopic (exact) mass is 442 g/mol. The number of nitrogens with one attached hydrogen (secondary N) is 1. The summed E-state index contributed by atoms with van der Waals surface area (Å²) in [5, 5.41) is 3.43. The van der Waals surface area contributed by atoms with Crippen molar-refractivity contribution in [2.24, 2.45) is 0 Å². The quantitative estimate of drug-likeness (QED) is 0.669. The lowest BCUT2D eigenvalue weighted by Crippen LogP contribution is -2.55. The van der Waals surface area contributed by atoms with Crippen molar-refractivity contribution in [3.63, 3.8) is 0 Å². The highest BCUT2D eigenvalue weighted by Crippen LogP contribution is 2.36. The Balaban J connectivity index is 1.58. The van der Waals surface area contributed by atoms with Gasteiger partial charge in [-0.3, -0.25) is 4.79 Å². The topological polar surface area (TPSA) is 60.0 Å². The number of halogens is 1. The van der Waals surface area contributed by atoms with Crippen LogP contribution < -0.4 is 5.32 Å². The third-order valence-electron chi connectivity index (χ3n) is 6.42. The number of rotatable bonds is 7. The summed E-state index contributed by atoms with van der Waals surface area (Å²) >= 11 is 0. The molecule has 2 heterocycles. The molecule has 7 heteroatoms. The van der Waals surface area contributed by atoms with Gasteiger partial charge in [0.1, 0.15) is 11.9 Å². The first kappa shape index (κ1) is 22.9. The van der Waals surface area contributed by atoms with Crippen LogP contribution in [0.3, 0.4) is 0 Å². The minimum absolute atomic E-state index is 0.000743. The van der Waals surface area contributed by atoms with Crippen molar-refractivity contribution in [2.45, 2.75) is 37.1 Å². The lowest BCUT2D eigenvalue weighted by molar-refractivity contribution is -0.157. The van der Waals surface area contributed by atoms with E-state index < -0.39 is 6.10 Å². The van der Waals surface area contributed by atoms with Gasteiger partial charge in [-0.25, -0.2) is 4.39 Å². The molecule has 1 N–H and O–H groups in total. The maximum atomic E-state index is 13.7. The van der Waals surface area contributed by atoms with Crippen LogP contribution in [0.15, 0.2) is 48.5 Å². The van der Waals surface area contributed by atoms with Gasteiger partial charge in [-0.2, -0.15) is 0 Å². The summed E-state index contributed by atoms with van der Waals surface area (Å²) in [6.07, 6.45) is 0.623. The number of carbonyl (C=O) groups is 1. The number of nitrogens with zero attached hydrogens (tertiary/aromatic N) is 1. The van der Waals surface area contributed by atoms with Crippen LogP contribution in [0.5, 0.6) is 0 Å². The Kier molecular flexibility index (Phi) is 7.52. The lowest BCUT2D eigenvalue weighted by atomic mass is 9.87. The lowest BCUT2D eigenvalue weighted by Gasteiger charge is -2.42. The maximum absolute atomic E-state index is 13.7. The Hall–Kier alpha value is -2.32. The second-order valence-electron chi connectivity index (χ2n) is 8.32. The molecule has 0 spiro atoms. The number of hydrogen-bond acceptors (Lipinski definition) is 5. The fourth-order valence-electron chi connectivity index (χ4n) is 4.74. The molecule has 1 amide bonds. The summed E-state index contributed by atoms with van der Waals surface area (Å²) in [6, 6.07) is 14.3. The minimum Gasteiger partial charge on any atom is -0.383 e. The second-order valence-corrected chi connectivity index (χ2v) is 8.32. The molecule has 0 bridgehead atoms. The van der Waals surface area contributed by atoms with E-state index in [0.29, 0.717) is 32.7 Å². The highest BCUT2D eigenvalue weighted by molar-refractivity contribution is 5.82. The summed E-state index contributed by atoms with van der Waals surface area (Å²) < 4.78 is 30.3. The Morgan fingerprint density at radius 3 is 2.72 bits per heavy atom. The van der Waals surface area contributed by atoms with Crippen LogP contribution in [0.4, 0.5) is 4.39 Å². The van der Waals surface area contributed by atoms with E-state index in [1.54, 1.807) is 26.4 Å². The molecule has 2 aliphatic heterocycles. The summed E-state index contributed by atoms with van der Waals surface area (Å²) in [7, 11) is 3.32. The van der Waals surface area contributed by atoms with E-state index in [1.165, 1.54) is 17.7 Å². The molecule has 0 saturated carbocycles. The summed E-state index contributed by atoms with van der Waals surface area (Å²) in [6.45, 7) is 2.20. The van der Waals surface area contributed by atoms with Crippen molar-refractivity contribution < 1.29 is 23.4 Å². The Labute approximate surface area is 188 Å². The van der Waals surface area contributed by atoms with Crippen LogP contribution in [0, 0.1) is 5.82 Å². The molecule has 4 rings (SSSR count). The molecule has 1 saturated heterocycles. The first-order valence-electron chi connectivity index (χ1n) is 11.1. The molecular formula is C25H31FN2O4. The van der Waals surface area contributed by atoms with Crippen LogP contribution >= 0.6 is 0 Å². The maximum Gasteiger partial charge on any atom is 0.252 e. The zero-order chi connectivity index (χ0) is 22.5. The van der Waals surface area contributed by atoms with Crippen LogP contribution in [0.2, 0.25) is 0 Å². The zero-order valence-electron chi connectivity index (χ0n) is 18.6. The third kappa shape index (κ3) is 4.86. The largest absolute Gasteiger partial charge is 0.383 e. The van der Waals surface area contributed by atoms with E-state index in [-0.39, 0.29) is 29.9 Å². The molecule has 2 aromatic carbocycles. The molecular weight excluding hydrogens is 411 g/mol. The van der Waals surface area contributed by atoms with Gasteiger partial charge in [-0.1, -0.05) is 36.4 Å². The number of benzene rings is 2. The average molecular weight is 443 g/mol. The Morgan fingerprint density at radius 1 is 1.19 bits per heavy atom. The summed E-state index contributed by atoms with van der Waals surface area (Å²) in [5.74, 6) is -0.330. The van der Waals surface area contributed by atoms with Crippen LogP contribution in [-0.2, 0) is 25.4 Å².